The second-order valence-electron chi connectivity index (χ2n) is 4.58. The zero-order valence-corrected chi connectivity index (χ0v) is 10.6. The van der Waals surface area contributed by atoms with Crippen LogP contribution >= 0.6 is 0 Å². The Morgan fingerprint density at radius 3 is 2.95 bits per heavy atom. The maximum absolute atomic E-state index is 12.0. The van der Waals surface area contributed by atoms with Gasteiger partial charge in [0.05, 0.1) is 0 Å². The normalized spacial score (nSPS) is 16.8. The molecule has 1 aliphatic rings. The van der Waals surface area contributed by atoms with Gasteiger partial charge in [-0.25, -0.2) is 0 Å². The van der Waals surface area contributed by atoms with E-state index in [2.05, 4.69) is 32.0 Å². The largest absolute Gasteiger partial charge is 0.480 e. The van der Waals surface area contributed by atoms with Crippen molar-refractivity contribution >= 4 is 11.9 Å². The van der Waals surface area contributed by atoms with Crippen LogP contribution in [0.5, 0.6) is 5.75 Å². The number of benzene rings is 1. The van der Waals surface area contributed by atoms with E-state index in [-0.39, 0.29) is 11.9 Å². The number of nitrogens with one attached hydrogen (secondary N) is 2. The van der Waals surface area contributed by atoms with E-state index in [4.69, 9.17) is 4.74 Å². The van der Waals surface area contributed by atoms with Crippen molar-refractivity contribution in [1.29, 1.82) is 0 Å². The summed E-state index contributed by atoms with van der Waals surface area (Å²) >= 11 is 0. The van der Waals surface area contributed by atoms with Gasteiger partial charge >= 0.3 is 0 Å². The number of tetrazole rings is 1. The van der Waals surface area contributed by atoms with Gasteiger partial charge in [-0.2, -0.15) is 5.21 Å². The van der Waals surface area contributed by atoms with Crippen molar-refractivity contribution in [3.05, 3.63) is 28.8 Å². The minimum absolute atomic E-state index is 0.150. The van der Waals surface area contributed by atoms with Crippen molar-refractivity contribution in [2.24, 2.45) is 0 Å². The highest BCUT2D eigenvalue weighted by molar-refractivity contribution is 5.93. The van der Waals surface area contributed by atoms with Crippen molar-refractivity contribution < 1.29 is 9.53 Å². The minimum atomic E-state index is -0.547. The maximum Gasteiger partial charge on any atom is 0.269 e. The molecule has 0 bridgehead atoms. The van der Waals surface area contributed by atoms with Gasteiger partial charge in [0.15, 0.2) is 6.10 Å². The zero-order chi connectivity index (χ0) is 13.4. The molecule has 7 heteroatoms. The molecule has 2 aromatic rings. The molecule has 2 N–H and O–H groups in total. The Hall–Kier alpha value is -2.44. The summed E-state index contributed by atoms with van der Waals surface area (Å²) < 4.78 is 5.66. The maximum atomic E-state index is 12.0. The third-order valence-corrected chi connectivity index (χ3v) is 3.22. The summed E-state index contributed by atoms with van der Waals surface area (Å²) in [5.41, 5.74) is 3.40. The lowest BCUT2D eigenvalue weighted by Crippen LogP contribution is -2.31. The molecule has 1 aromatic carbocycles. The van der Waals surface area contributed by atoms with E-state index in [1.54, 1.807) is 0 Å². The number of hydrogen-bond acceptors (Lipinski definition) is 5. The molecular formula is C12H13N5O2. The molecule has 1 atom stereocenters. The lowest BCUT2D eigenvalue weighted by atomic mass is 10.0. The molecule has 0 unspecified atom stereocenters. The third-order valence-electron chi connectivity index (χ3n) is 3.22. The van der Waals surface area contributed by atoms with Gasteiger partial charge in [-0.3, -0.25) is 10.1 Å². The Kier molecular flexibility index (Phi) is 2.66. The number of nitrogens with zero attached hydrogens (tertiary/aromatic N) is 3. The summed E-state index contributed by atoms with van der Waals surface area (Å²) in [6.45, 7) is 4.06. The Labute approximate surface area is 109 Å². The van der Waals surface area contributed by atoms with Gasteiger partial charge in [0.1, 0.15) is 5.75 Å². The van der Waals surface area contributed by atoms with Gasteiger partial charge in [-0.05, 0) is 41.8 Å². The molecule has 0 aliphatic carbocycles. The summed E-state index contributed by atoms with van der Waals surface area (Å²) in [7, 11) is 0. The number of H-pyrrole nitrogens is 1. The number of carbonyl (C=O) groups is 1. The number of carbonyl (C=O) groups excluding carboxylic acids is 1. The van der Waals surface area contributed by atoms with Crippen molar-refractivity contribution in [2.45, 2.75) is 26.4 Å². The van der Waals surface area contributed by atoms with Gasteiger partial charge in [0.2, 0.25) is 0 Å². The van der Waals surface area contributed by atoms with Crippen LogP contribution in [0.25, 0.3) is 0 Å². The molecule has 0 spiro atoms. The highest BCUT2D eigenvalue weighted by atomic mass is 16.5. The smallest absolute Gasteiger partial charge is 0.269 e. The first-order chi connectivity index (χ1) is 9.13. The van der Waals surface area contributed by atoms with Crippen LogP contribution in [0, 0.1) is 13.8 Å². The van der Waals surface area contributed by atoms with E-state index in [1.807, 2.05) is 19.9 Å². The van der Waals surface area contributed by atoms with Crippen molar-refractivity contribution in [3.8, 4) is 5.75 Å². The van der Waals surface area contributed by atoms with Crippen molar-refractivity contribution in [2.75, 3.05) is 5.32 Å². The molecule has 1 aromatic heterocycles. The average Bonchev–Trinajstić information content (AvgIpc) is 2.99. The number of aromatic amines is 1. The molecule has 0 radical (unpaired) electrons. The van der Waals surface area contributed by atoms with Gasteiger partial charge < -0.3 is 4.74 Å². The van der Waals surface area contributed by atoms with Crippen LogP contribution in [0.15, 0.2) is 12.1 Å². The fraction of sp³-hybridized carbons (Fsp3) is 0.333. The Bertz CT molecular complexity index is 592. The predicted molar refractivity (Wildman–Crippen MR) is 66.8 cm³/mol. The molecule has 1 amide bonds. The third kappa shape index (κ3) is 2.14. The molecule has 19 heavy (non-hydrogen) atoms. The summed E-state index contributed by atoms with van der Waals surface area (Å²) in [4.78, 5) is 12.0. The SMILES string of the molecule is Cc1cc2c(cc1C)O[C@H](C(=O)Nc1nn[nH]n1)C2. The van der Waals surface area contributed by atoms with Crippen LogP contribution in [-0.4, -0.2) is 32.6 Å². The number of rotatable bonds is 2. The summed E-state index contributed by atoms with van der Waals surface area (Å²) in [5, 5.41) is 15.5. The summed E-state index contributed by atoms with van der Waals surface area (Å²) in [6.07, 6.45) is 0.00912. The zero-order valence-electron chi connectivity index (χ0n) is 10.6. The van der Waals surface area contributed by atoms with Crippen molar-refractivity contribution in [3.63, 3.8) is 0 Å². The predicted octanol–water partition coefficient (Wildman–Crippen LogP) is 0.759. The topological polar surface area (TPSA) is 92.8 Å². The van der Waals surface area contributed by atoms with E-state index in [0.717, 1.165) is 16.9 Å². The molecule has 7 nitrogen and oxygen atoms in total. The standard InChI is InChI=1S/C12H13N5O2/c1-6-3-8-5-10(19-9(8)4-7(6)2)11(18)13-12-14-16-17-15-12/h3-4,10H,5H2,1-2H3,(H2,13,14,15,16,17,18)/t10-/m0/s1. The fourth-order valence-corrected chi connectivity index (χ4v) is 2.07. The summed E-state index contributed by atoms with van der Waals surface area (Å²) in [6, 6.07) is 4.03. The second kappa shape index (κ2) is 4.34. The second-order valence-corrected chi connectivity index (χ2v) is 4.58. The number of fused-ring (bicyclic) bond motifs is 1. The molecule has 3 rings (SSSR count). The number of anilines is 1. The monoisotopic (exact) mass is 259 g/mol. The van der Waals surface area contributed by atoms with E-state index in [9.17, 15) is 4.79 Å². The molecule has 98 valence electrons. The van der Waals surface area contributed by atoms with Gasteiger partial charge in [-0.15, -0.1) is 5.10 Å². The van der Waals surface area contributed by atoms with Gasteiger partial charge in [0, 0.05) is 6.42 Å². The minimum Gasteiger partial charge on any atom is -0.480 e. The Balaban J connectivity index is 1.74. The highest BCUT2D eigenvalue weighted by Gasteiger charge is 2.30. The Morgan fingerprint density at radius 1 is 1.42 bits per heavy atom. The average molecular weight is 259 g/mol. The number of aryl methyl sites for hydroxylation is 2. The molecular weight excluding hydrogens is 246 g/mol. The lowest BCUT2D eigenvalue weighted by molar-refractivity contribution is -0.122. The van der Waals surface area contributed by atoms with Crippen LogP contribution in [0.1, 0.15) is 16.7 Å². The van der Waals surface area contributed by atoms with Crippen LogP contribution in [-0.2, 0) is 11.2 Å². The van der Waals surface area contributed by atoms with E-state index < -0.39 is 6.10 Å². The highest BCUT2D eigenvalue weighted by Crippen LogP contribution is 2.31. The van der Waals surface area contributed by atoms with Crippen molar-refractivity contribution in [1.82, 2.24) is 20.6 Å². The first-order valence-electron chi connectivity index (χ1n) is 5.94. The summed E-state index contributed by atoms with van der Waals surface area (Å²) in [5.74, 6) is 0.654. The van der Waals surface area contributed by atoms with Gasteiger partial charge in [-0.1, -0.05) is 11.2 Å². The van der Waals surface area contributed by atoms with Gasteiger partial charge in [0.25, 0.3) is 11.9 Å². The van der Waals surface area contributed by atoms with E-state index >= 15 is 0 Å². The fourth-order valence-electron chi connectivity index (χ4n) is 2.07. The number of hydrogen-bond donors (Lipinski definition) is 2. The Morgan fingerprint density at radius 2 is 2.21 bits per heavy atom. The molecule has 1 aliphatic heterocycles. The number of amides is 1. The van der Waals surface area contributed by atoms with E-state index in [1.165, 1.54) is 5.56 Å². The quantitative estimate of drug-likeness (QED) is 0.830. The molecule has 0 fully saturated rings. The van der Waals surface area contributed by atoms with Crippen LogP contribution < -0.4 is 10.1 Å². The molecule has 2 heterocycles. The van der Waals surface area contributed by atoms with Crippen LogP contribution in [0.2, 0.25) is 0 Å². The number of aromatic nitrogens is 4. The van der Waals surface area contributed by atoms with Crippen LogP contribution in [0.4, 0.5) is 5.95 Å². The van der Waals surface area contributed by atoms with Crippen LogP contribution in [0.3, 0.4) is 0 Å². The first-order valence-corrected chi connectivity index (χ1v) is 5.94. The molecule has 0 saturated carbocycles. The molecule has 0 saturated heterocycles. The van der Waals surface area contributed by atoms with E-state index in [0.29, 0.717) is 6.42 Å². The first kappa shape index (κ1) is 11.6. The lowest BCUT2D eigenvalue weighted by Gasteiger charge is -2.08. The number of ether oxygens (including phenoxy) is 1.